The number of benzene rings is 2. The van der Waals surface area contributed by atoms with Crippen LogP contribution in [0.5, 0.6) is 5.75 Å². The van der Waals surface area contributed by atoms with Crippen LogP contribution in [0, 0.1) is 0 Å². The van der Waals surface area contributed by atoms with Gasteiger partial charge in [-0.3, -0.25) is 4.79 Å². The van der Waals surface area contributed by atoms with Gasteiger partial charge < -0.3 is 10.1 Å². The molecule has 26 heavy (non-hydrogen) atoms. The molecule has 5 heteroatoms. The molecule has 3 rings (SSSR count). The van der Waals surface area contributed by atoms with Gasteiger partial charge in [0, 0.05) is 6.07 Å². The Morgan fingerprint density at radius 1 is 1.08 bits per heavy atom. The maximum absolute atomic E-state index is 12.5. The van der Waals surface area contributed by atoms with Gasteiger partial charge in [0.15, 0.2) is 6.10 Å². The van der Waals surface area contributed by atoms with E-state index < -0.39 is 6.10 Å². The number of nitrogens with one attached hydrogen (secondary N) is 1. The highest BCUT2D eigenvalue weighted by atomic mass is 16.5. The van der Waals surface area contributed by atoms with Crippen LogP contribution in [-0.4, -0.2) is 21.8 Å². The summed E-state index contributed by atoms with van der Waals surface area (Å²) < 4.78 is 7.50. The van der Waals surface area contributed by atoms with E-state index in [1.165, 1.54) is 5.56 Å². The van der Waals surface area contributed by atoms with Crippen molar-refractivity contribution < 1.29 is 9.53 Å². The number of aryl methyl sites for hydroxylation is 1. The van der Waals surface area contributed by atoms with Crippen molar-refractivity contribution in [3.05, 3.63) is 78.0 Å². The number of rotatable bonds is 7. The molecule has 0 unspecified atom stereocenters. The summed E-state index contributed by atoms with van der Waals surface area (Å²) in [4.78, 5) is 12.5. The highest BCUT2D eigenvalue weighted by Gasteiger charge is 2.16. The van der Waals surface area contributed by atoms with Gasteiger partial charge in [-0.2, -0.15) is 5.10 Å². The van der Waals surface area contributed by atoms with Crippen LogP contribution in [0.3, 0.4) is 0 Å². The third kappa shape index (κ3) is 4.51. The van der Waals surface area contributed by atoms with Crippen molar-refractivity contribution in [2.45, 2.75) is 32.9 Å². The van der Waals surface area contributed by atoms with Crippen molar-refractivity contribution in [3.63, 3.8) is 0 Å². The average molecular weight is 349 g/mol. The Hall–Kier alpha value is -3.08. The van der Waals surface area contributed by atoms with E-state index in [4.69, 9.17) is 4.74 Å². The Balaban J connectivity index is 1.61. The van der Waals surface area contributed by atoms with Crippen LogP contribution in [0.2, 0.25) is 0 Å². The lowest BCUT2D eigenvalue weighted by atomic mass is 10.2. The second-order valence-corrected chi connectivity index (χ2v) is 6.11. The fraction of sp³-hybridized carbons (Fsp3) is 0.238. The topological polar surface area (TPSA) is 56.1 Å². The summed E-state index contributed by atoms with van der Waals surface area (Å²) >= 11 is 0. The van der Waals surface area contributed by atoms with Crippen LogP contribution in [0.15, 0.2) is 66.9 Å². The Kier molecular flexibility index (Phi) is 5.69. The van der Waals surface area contributed by atoms with Gasteiger partial charge in [0.25, 0.3) is 5.91 Å². The van der Waals surface area contributed by atoms with Gasteiger partial charge in [-0.05, 0) is 36.6 Å². The zero-order chi connectivity index (χ0) is 18.4. The molecule has 1 amide bonds. The fourth-order valence-corrected chi connectivity index (χ4v) is 2.61. The first-order valence-corrected chi connectivity index (χ1v) is 8.78. The maximum Gasteiger partial charge on any atom is 0.266 e. The van der Waals surface area contributed by atoms with Crippen molar-refractivity contribution in [3.8, 4) is 5.75 Å². The fourth-order valence-electron chi connectivity index (χ4n) is 2.61. The molecule has 0 aliphatic rings. The molecule has 1 heterocycles. The quantitative estimate of drug-likeness (QED) is 0.704. The van der Waals surface area contributed by atoms with Gasteiger partial charge in [0.1, 0.15) is 11.6 Å². The Bertz CT molecular complexity index is 841. The number of amides is 1. The number of ether oxygens (including phenoxy) is 1. The largest absolute Gasteiger partial charge is 0.481 e. The first kappa shape index (κ1) is 17.7. The van der Waals surface area contributed by atoms with E-state index in [1.54, 1.807) is 23.9 Å². The first-order chi connectivity index (χ1) is 12.7. The standard InChI is InChI=1S/C21H23N3O2/c1-3-17-9-11-19(12-10-17)26-16(2)21(25)23-20-13-14-22-24(20)15-18-7-5-4-6-8-18/h4-14,16H,3,15H2,1-2H3,(H,23,25)/t16-/m0/s1. The van der Waals surface area contributed by atoms with Gasteiger partial charge in [0.2, 0.25) is 0 Å². The van der Waals surface area contributed by atoms with Crippen molar-refractivity contribution in [1.82, 2.24) is 9.78 Å². The summed E-state index contributed by atoms with van der Waals surface area (Å²) in [7, 11) is 0. The minimum atomic E-state index is -0.609. The molecule has 0 aliphatic heterocycles. The summed E-state index contributed by atoms with van der Waals surface area (Å²) in [6.07, 6.45) is 2.04. The number of hydrogen-bond acceptors (Lipinski definition) is 3. The molecule has 0 fully saturated rings. The van der Waals surface area contributed by atoms with E-state index in [9.17, 15) is 4.79 Å². The van der Waals surface area contributed by atoms with E-state index >= 15 is 0 Å². The lowest BCUT2D eigenvalue weighted by molar-refractivity contribution is -0.122. The van der Waals surface area contributed by atoms with Gasteiger partial charge in [-0.25, -0.2) is 4.68 Å². The monoisotopic (exact) mass is 349 g/mol. The van der Waals surface area contributed by atoms with E-state index in [2.05, 4.69) is 17.3 Å². The van der Waals surface area contributed by atoms with Gasteiger partial charge >= 0.3 is 0 Å². The summed E-state index contributed by atoms with van der Waals surface area (Å²) in [5.74, 6) is 1.12. The van der Waals surface area contributed by atoms with Crippen LogP contribution in [0.25, 0.3) is 0 Å². The zero-order valence-corrected chi connectivity index (χ0v) is 15.1. The van der Waals surface area contributed by atoms with Gasteiger partial charge in [-0.15, -0.1) is 0 Å². The Labute approximate surface area is 153 Å². The lowest BCUT2D eigenvalue weighted by Gasteiger charge is -2.15. The minimum absolute atomic E-state index is 0.209. The third-order valence-corrected chi connectivity index (χ3v) is 4.16. The highest BCUT2D eigenvalue weighted by Crippen LogP contribution is 2.16. The zero-order valence-electron chi connectivity index (χ0n) is 15.1. The molecule has 0 radical (unpaired) electrons. The number of aromatic nitrogens is 2. The lowest BCUT2D eigenvalue weighted by Crippen LogP contribution is -2.31. The molecule has 3 aromatic rings. The maximum atomic E-state index is 12.5. The van der Waals surface area contributed by atoms with E-state index in [0.29, 0.717) is 18.1 Å². The van der Waals surface area contributed by atoms with Crippen LogP contribution in [0.1, 0.15) is 25.0 Å². The molecule has 0 spiro atoms. The molecule has 1 N–H and O–H groups in total. The van der Waals surface area contributed by atoms with Crippen molar-refractivity contribution in [2.75, 3.05) is 5.32 Å². The molecule has 2 aromatic carbocycles. The molecular weight excluding hydrogens is 326 g/mol. The molecule has 5 nitrogen and oxygen atoms in total. The van der Waals surface area contributed by atoms with Gasteiger partial charge in [0.05, 0.1) is 12.7 Å². The second-order valence-electron chi connectivity index (χ2n) is 6.11. The van der Waals surface area contributed by atoms with E-state index in [1.807, 2.05) is 54.6 Å². The molecule has 1 aromatic heterocycles. The van der Waals surface area contributed by atoms with Crippen LogP contribution < -0.4 is 10.1 Å². The van der Waals surface area contributed by atoms with Crippen LogP contribution >= 0.6 is 0 Å². The molecule has 134 valence electrons. The molecule has 0 saturated carbocycles. The highest BCUT2D eigenvalue weighted by molar-refractivity contribution is 5.93. The third-order valence-electron chi connectivity index (χ3n) is 4.16. The number of hydrogen-bond donors (Lipinski definition) is 1. The van der Waals surface area contributed by atoms with Gasteiger partial charge in [-0.1, -0.05) is 49.4 Å². The summed E-state index contributed by atoms with van der Waals surface area (Å²) in [5.41, 5.74) is 2.35. The summed E-state index contributed by atoms with van der Waals surface area (Å²) in [6, 6.07) is 19.6. The SMILES string of the molecule is CCc1ccc(O[C@@H](C)C(=O)Nc2ccnn2Cc2ccccc2)cc1. The molecular formula is C21H23N3O2. The van der Waals surface area contributed by atoms with E-state index in [-0.39, 0.29) is 5.91 Å². The summed E-state index contributed by atoms with van der Waals surface area (Å²) in [5, 5.41) is 7.18. The van der Waals surface area contributed by atoms with Crippen LogP contribution in [-0.2, 0) is 17.8 Å². The van der Waals surface area contributed by atoms with Crippen molar-refractivity contribution in [1.29, 1.82) is 0 Å². The smallest absolute Gasteiger partial charge is 0.266 e. The average Bonchev–Trinajstić information content (AvgIpc) is 3.09. The number of carbonyl (C=O) groups excluding carboxylic acids is 1. The number of carbonyl (C=O) groups is 1. The second kappa shape index (κ2) is 8.34. The molecule has 0 bridgehead atoms. The molecule has 0 saturated heterocycles. The van der Waals surface area contributed by atoms with Crippen molar-refractivity contribution in [2.24, 2.45) is 0 Å². The number of nitrogens with zero attached hydrogens (tertiary/aromatic N) is 2. The molecule has 0 aliphatic carbocycles. The van der Waals surface area contributed by atoms with E-state index in [0.717, 1.165) is 12.0 Å². The number of anilines is 1. The minimum Gasteiger partial charge on any atom is -0.481 e. The van der Waals surface area contributed by atoms with Crippen molar-refractivity contribution >= 4 is 11.7 Å². The normalized spacial score (nSPS) is 11.8. The Morgan fingerprint density at radius 2 is 1.81 bits per heavy atom. The predicted molar refractivity (Wildman–Crippen MR) is 102 cm³/mol. The predicted octanol–water partition coefficient (Wildman–Crippen LogP) is 3.90. The molecule has 1 atom stereocenters. The Morgan fingerprint density at radius 3 is 2.50 bits per heavy atom. The summed E-state index contributed by atoms with van der Waals surface area (Å²) in [6.45, 7) is 4.43. The van der Waals surface area contributed by atoms with Crippen LogP contribution in [0.4, 0.5) is 5.82 Å². The first-order valence-electron chi connectivity index (χ1n) is 8.78.